The fraction of sp³-hybridized carbons (Fsp3) is 0.105. The molecule has 0 aliphatic carbocycles. The fourth-order valence-corrected chi connectivity index (χ4v) is 2.87. The summed E-state index contributed by atoms with van der Waals surface area (Å²) in [6.45, 7) is 0. The van der Waals surface area contributed by atoms with Crippen molar-refractivity contribution in [2.24, 2.45) is 5.73 Å². The lowest BCUT2D eigenvalue weighted by molar-refractivity contribution is 0.451. The molecular formula is C19H16N4O. The van der Waals surface area contributed by atoms with Crippen LogP contribution in [-0.2, 0) is 6.42 Å². The van der Waals surface area contributed by atoms with Gasteiger partial charge in [0.05, 0.1) is 5.39 Å². The van der Waals surface area contributed by atoms with Gasteiger partial charge in [0, 0.05) is 36.1 Å². The number of fused-ring (bicyclic) bond motifs is 1. The van der Waals surface area contributed by atoms with Crippen molar-refractivity contribution in [1.29, 1.82) is 0 Å². The molecule has 3 aromatic heterocycles. The standard InChI is InChI=1S/C19H16N4O/c20-17(12-13-6-3-4-10-21-13)14-7-1-2-8-15(14)18-16-9-5-11-22-19(16)24-23-18/h1-11,17H,12,20H2/t17-/m0/s1. The molecular weight excluding hydrogens is 300 g/mol. The molecule has 0 unspecified atom stereocenters. The second-order valence-corrected chi connectivity index (χ2v) is 5.61. The molecule has 0 aliphatic rings. The van der Waals surface area contributed by atoms with E-state index in [1.54, 1.807) is 12.4 Å². The number of pyridine rings is 2. The Balaban J connectivity index is 1.75. The minimum absolute atomic E-state index is 0.181. The lowest BCUT2D eigenvalue weighted by Crippen LogP contribution is -2.15. The van der Waals surface area contributed by atoms with Crippen molar-refractivity contribution in [3.63, 3.8) is 0 Å². The molecule has 0 amide bonds. The van der Waals surface area contributed by atoms with Crippen LogP contribution in [0, 0.1) is 0 Å². The zero-order valence-electron chi connectivity index (χ0n) is 13.0. The van der Waals surface area contributed by atoms with Gasteiger partial charge in [-0.25, -0.2) is 4.98 Å². The van der Waals surface area contributed by atoms with Crippen molar-refractivity contribution >= 4 is 11.1 Å². The molecule has 0 aliphatic heterocycles. The van der Waals surface area contributed by atoms with E-state index in [0.29, 0.717) is 12.1 Å². The van der Waals surface area contributed by atoms with E-state index in [0.717, 1.165) is 27.9 Å². The third kappa shape index (κ3) is 2.66. The van der Waals surface area contributed by atoms with E-state index in [2.05, 4.69) is 15.1 Å². The molecule has 0 saturated heterocycles. The Hall–Kier alpha value is -3.05. The molecule has 1 aromatic carbocycles. The molecule has 0 radical (unpaired) electrons. The van der Waals surface area contributed by atoms with Gasteiger partial charge in [-0.1, -0.05) is 35.5 Å². The summed E-state index contributed by atoms with van der Waals surface area (Å²) in [4.78, 5) is 8.56. The minimum Gasteiger partial charge on any atom is -0.335 e. The van der Waals surface area contributed by atoms with E-state index >= 15 is 0 Å². The van der Waals surface area contributed by atoms with Gasteiger partial charge in [-0.15, -0.1) is 0 Å². The van der Waals surface area contributed by atoms with Crippen molar-refractivity contribution in [2.45, 2.75) is 12.5 Å². The maximum absolute atomic E-state index is 6.46. The number of hydrogen-bond donors (Lipinski definition) is 1. The van der Waals surface area contributed by atoms with Gasteiger partial charge in [0.2, 0.25) is 0 Å². The van der Waals surface area contributed by atoms with Crippen LogP contribution >= 0.6 is 0 Å². The van der Waals surface area contributed by atoms with Crippen LogP contribution in [0.25, 0.3) is 22.4 Å². The Morgan fingerprint density at radius 3 is 2.62 bits per heavy atom. The molecule has 0 saturated carbocycles. The van der Waals surface area contributed by atoms with Crippen molar-refractivity contribution in [3.8, 4) is 11.3 Å². The first-order valence-corrected chi connectivity index (χ1v) is 7.78. The van der Waals surface area contributed by atoms with Crippen LogP contribution in [-0.4, -0.2) is 15.1 Å². The number of benzene rings is 1. The van der Waals surface area contributed by atoms with E-state index in [9.17, 15) is 0 Å². The summed E-state index contributed by atoms with van der Waals surface area (Å²) in [7, 11) is 0. The molecule has 0 spiro atoms. The first-order valence-electron chi connectivity index (χ1n) is 7.78. The molecule has 0 bridgehead atoms. The topological polar surface area (TPSA) is 77.8 Å². The maximum atomic E-state index is 6.46. The fourth-order valence-electron chi connectivity index (χ4n) is 2.87. The van der Waals surface area contributed by atoms with E-state index in [-0.39, 0.29) is 6.04 Å². The molecule has 118 valence electrons. The lowest BCUT2D eigenvalue weighted by Gasteiger charge is -2.15. The van der Waals surface area contributed by atoms with Gasteiger partial charge in [0.25, 0.3) is 5.71 Å². The van der Waals surface area contributed by atoms with Crippen LogP contribution in [0.2, 0.25) is 0 Å². The van der Waals surface area contributed by atoms with Crippen molar-refractivity contribution in [3.05, 3.63) is 78.2 Å². The Morgan fingerprint density at radius 2 is 1.75 bits per heavy atom. The van der Waals surface area contributed by atoms with Crippen molar-refractivity contribution in [1.82, 2.24) is 15.1 Å². The molecule has 4 aromatic rings. The predicted molar refractivity (Wildman–Crippen MR) is 92.1 cm³/mol. The van der Waals surface area contributed by atoms with Crippen LogP contribution in [0.4, 0.5) is 0 Å². The quantitative estimate of drug-likeness (QED) is 0.623. The molecule has 1 atom stereocenters. The first kappa shape index (κ1) is 14.5. The zero-order valence-corrected chi connectivity index (χ0v) is 13.0. The highest BCUT2D eigenvalue weighted by Crippen LogP contribution is 2.32. The average molecular weight is 316 g/mol. The van der Waals surface area contributed by atoms with Gasteiger partial charge in [-0.2, -0.15) is 0 Å². The zero-order chi connectivity index (χ0) is 16.4. The predicted octanol–water partition coefficient (Wildman–Crippen LogP) is 3.53. The summed E-state index contributed by atoms with van der Waals surface area (Å²) in [5.74, 6) is 0. The highest BCUT2D eigenvalue weighted by atomic mass is 16.5. The van der Waals surface area contributed by atoms with Crippen molar-refractivity contribution < 1.29 is 4.52 Å². The highest BCUT2D eigenvalue weighted by Gasteiger charge is 2.18. The molecule has 3 heterocycles. The normalized spacial score (nSPS) is 12.4. The van der Waals surface area contributed by atoms with Gasteiger partial charge in [0.15, 0.2) is 0 Å². The van der Waals surface area contributed by atoms with Crippen LogP contribution in [0.1, 0.15) is 17.3 Å². The molecule has 5 nitrogen and oxygen atoms in total. The first-order chi connectivity index (χ1) is 11.8. The number of nitrogens with zero attached hydrogens (tertiary/aromatic N) is 3. The Kier molecular flexibility index (Phi) is 3.76. The van der Waals surface area contributed by atoms with Gasteiger partial charge in [-0.05, 0) is 29.8 Å². The SMILES string of the molecule is N[C@@H](Cc1ccccn1)c1ccccc1-c1noc2ncccc12. The van der Waals surface area contributed by atoms with Crippen molar-refractivity contribution in [2.75, 3.05) is 0 Å². The van der Waals surface area contributed by atoms with Crippen LogP contribution in [0.3, 0.4) is 0 Å². The van der Waals surface area contributed by atoms with Crippen LogP contribution in [0.15, 0.2) is 71.5 Å². The number of hydrogen-bond acceptors (Lipinski definition) is 5. The third-order valence-corrected chi connectivity index (χ3v) is 4.02. The summed E-state index contributed by atoms with van der Waals surface area (Å²) in [5.41, 5.74) is 10.7. The monoisotopic (exact) mass is 316 g/mol. The second-order valence-electron chi connectivity index (χ2n) is 5.61. The summed E-state index contributed by atoms with van der Waals surface area (Å²) >= 11 is 0. The second kappa shape index (κ2) is 6.22. The van der Waals surface area contributed by atoms with E-state index in [1.165, 1.54) is 0 Å². The number of aromatic nitrogens is 3. The smallest absolute Gasteiger partial charge is 0.258 e. The highest BCUT2D eigenvalue weighted by molar-refractivity contribution is 5.90. The Morgan fingerprint density at radius 1 is 0.917 bits per heavy atom. The summed E-state index contributed by atoms with van der Waals surface area (Å²) < 4.78 is 5.34. The molecule has 2 N–H and O–H groups in total. The largest absolute Gasteiger partial charge is 0.335 e. The van der Waals surface area contributed by atoms with E-state index < -0.39 is 0 Å². The summed E-state index contributed by atoms with van der Waals surface area (Å²) in [6.07, 6.45) is 4.13. The Labute approximate surface area is 139 Å². The van der Waals surface area contributed by atoms with E-state index in [1.807, 2.05) is 54.6 Å². The molecule has 24 heavy (non-hydrogen) atoms. The number of rotatable bonds is 4. The minimum atomic E-state index is -0.181. The van der Waals surface area contributed by atoms with Crippen LogP contribution in [0.5, 0.6) is 0 Å². The molecule has 4 rings (SSSR count). The third-order valence-electron chi connectivity index (χ3n) is 4.02. The number of nitrogens with two attached hydrogens (primary N) is 1. The lowest BCUT2D eigenvalue weighted by atomic mass is 9.94. The average Bonchev–Trinajstić information content (AvgIpc) is 3.06. The van der Waals surface area contributed by atoms with Crippen LogP contribution < -0.4 is 5.73 Å². The maximum Gasteiger partial charge on any atom is 0.258 e. The molecule has 0 fully saturated rings. The van der Waals surface area contributed by atoms with Gasteiger partial charge < -0.3 is 10.3 Å². The van der Waals surface area contributed by atoms with Gasteiger partial charge >= 0.3 is 0 Å². The summed E-state index contributed by atoms with van der Waals surface area (Å²) in [5, 5.41) is 5.09. The summed E-state index contributed by atoms with van der Waals surface area (Å²) in [6, 6.07) is 17.5. The molecule has 5 heteroatoms. The van der Waals surface area contributed by atoms with Gasteiger partial charge in [0.1, 0.15) is 5.69 Å². The Bertz CT molecular complexity index is 965. The van der Waals surface area contributed by atoms with E-state index in [4.69, 9.17) is 10.3 Å². The van der Waals surface area contributed by atoms with Gasteiger partial charge in [-0.3, -0.25) is 4.98 Å².